The molecule has 0 aliphatic carbocycles. The fraction of sp³-hybridized carbons (Fsp3) is 0.375. The Balaban J connectivity index is 3.03. The van der Waals surface area contributed by atoms with Crippen LogP contribution in [0.25, 0.3) is 0 Å². The largest absolute Gasteiger partial charge is 0.490 e. The predicted molar refractivity (Wildman–Crippen MR) is 44.2 cm³/mol. The molecule has 0 saturated heterocycles. The number of hydrogen-bond acceptors (Lipinski definition) is 4. The fourth-order valence-corrected chi connectivity index (χ4v) is 0.880. The fourth-order valence-electron chi connectivity index (χ4n) is 0.880. The average Bonchev–Trinajstić information content (AvgIpc) is 2.16. The van der Waals surface area contributed by atoms with E-state index in [1.54, 1.807) is 0 Å². The van der Waals surface area contributed by atoms with E-state index in [1.165, 1.54) is 19.4 Å². The van der Waals surface area contributed by atoms with E-state index < -0.39 is 6.10 Å². The van der Waals surface area contributed by atoms with Crippen LogP contribution < -0.4 is 15.9 Å². The summed E-state index contributed by atoms with van der Waals surface area (Å²) in [5, 5.41) is 9.28. The van der Waals surface area contributed by atoms with Crippen LogP contribution in [0.4, 0.5) is 0 Å². The highest BCUT2D eigenvalue weighted by Crippen LogP contribution is 2.11. The van der Waals surface area contributed by atoms with E-state index in [0.29, 0.717) is 0 Å². The first-order chi connectivity index (χ1) is 6.19. The lowest BCUT2D eigenvalue weighted by Gasteiger charge is -2.04. The van der Waals surface area contributed by atoms with Crippen molar-refractivity contribution in [1.29, 1.82) is 0 Å². The number of aliphatic hydroxyl groups is 1. The Morgan fingerprint density at radius 2 is 2.46 bits per heavy atom. The van der Waals surface area contributed by atoms with E-state index in [4.69, 9.17) is 9.15 Å². The van der Waals surface area contributed by atoms with Gasteiger partial charge in [-0.2, -0.15) is 0 Å². The Hall–Kier alpha value is -1.33. The molecule has 72 valence electrons. The SMILES string of the molecule is COc1coc([C@H](O)C[NH3+])cc1=O. The highest BCUT2D eigenvalue weighted by atomic mass is 16.5. The van der Waals surface area contributed by atoms with Gasteiger partial charge in [0.15, 0.2) is 6.10 Å². The minimum absolute atomic E-state index is 0.125. The van der Waals surface area contributed by atoms with Crippen LogP contribution in [-0.2, 0) is 0 Å². The maximum absolute atomic E-state index is 11.2. The molecule has 4 N–H and O–H groups in total. The monoisotopic (exact) mass is 186 g/mol. The van der Waals surface area contributed by atoms with Gasteiger partial charge in [-0.25, -0.2) is 0 Å². The molecule has 1 rings (SSSR count). The van der Waals surface area contributed by atoms with Gasteiger partial charge in [-0.3, -0.25) is 4.79 Å². The highest BCUT2D eigenvalue weighted by molar-refractivity contribution is 5.18. The molecule has 1 heterocycles. The molecule has 0 saturated carbocycles. The van der Waals surface area contributed by atoms with Crippen molar-refractivity contribution in [2.24, 2.45) is 0 Å². The van der Waals surface area contributed by atoms with E-state index in [0.717, 1.165) is 0 Å². The molecular weight excluding hydrogens is 174 g/mol. The highest BCUT2D eigenvalue weighted by Gasteiger charge is 2.12. The Morgan fingerprint density at radius 3 is 2.92 bits per heavy atom. The van der Waals surface area contributed by atoms with Crippen molar-refractivity contribution in [3.05, 3.63) is 28.3 Å². The molecule has 0 amide bonds. The van der Waals surface area contributed by atoms with Crippen LogP contribution in [0, 0.1) is 0 Å². The maximum Gasteiger partial charge on any atom is 0.227 e. The normalized spacial score (nSPS) is 12.5. The van der Waals surface area contributed by atoms with Crippen LogP contribution in [0.15, 0.2) is 21.5 Å². The lowest BCUT2D eigenvalue weighted by Crippen LogP contribution is -2.53. The summed E-state index contributed by atoms with van der Waals surface area (Å²) < 4.78 is 9.68. The zero-order valence-electron chi connectivity index (χ0n) is 7.32. The summed E-state index contributed by atoms with van der Waals surface area (Å²) >= 11 is 0. The zero-order valence-corrected chi connectivity index (χ0v) is 7.32. The molecule has 0 aromatic carbocycles. The van der Waals surface area contributed by atoms with Crippen LogP contribution in [-0.4, -0.2) is 18.8 Å². The van der Waals surface area contributed by atoms with Gasteiger partial charge >= 0.3 is 0 Å². The Morgan fingerprint density at radius 1 is 1.77 bits per heavy atom. The van der Waals surface area contributed by atoms with Gasteiger partial charge in [-0.1, -0.05) is 0 Å². The Bertz CT molecular complexity index is 333. The quantitative estimate of drug-likeness (QED) is 0.628. The molecule has 5 heteroatoms. The minimum atomic E-state index is -0.835. The zero-order chi connectivity index (χ0) is 9.84. The van der Waals surface area contributed by atoms with Gasteiger partial charge in [0.2, 0.25) is 11.2 Å². The first-order valence-electron chi connectivity index (χ1n) is 3.83. The van der Waals surface area contributed by atoms with E-state index in [1.807, 2.05) is 0 Å². The van der Waals surface area contributed by atoms with Crippen molar-refractivity contribution in [3.63, 3.8) is 0 Å². The lowest BCUT2D eigenvalue weighted by molar-refractivity contribution is -0.386. The van der Waals surface area contributed by atoms with E-state index in [-0.39, 0.29) is 23.5 Å². The minimum Gasteiger partial charge on any atom is -0.490 e. The topological polar surface area (TPSA) is 87.3 Å². The van der Waals surface area contributed by atoms with Gasteiger partial charge in [0.1, 0.15) is 18.6 Å². The van der Waals surface area contributed by atoms with Gasteiger partial charge in [-0.15, -0.1) is 0 Å². The second-order valence-corrected chi connectivity index (χ2v) is 2.52. The van der Waals surface area contributed by atoms with Crippen LogP contribution in [0.3, 0.4) is 0 Å². The first kappa shape index (κ1) is 9.76. The lowest BCUT2D eigenvalue weighted by atomic mass is 10.2. The van der Waals surface area contributed by atoms with Gasteiger partial charge in [-0.05, 0) is 0 Å². The number of aliphatic hydroxyl groups excluding tert-OH is 1. The molecule has 0 spiro atoms. The van der Waals surface area contributed by atoms with Crippen LogP contribution >= 0.6 is 0 Å². The Kier molecular flexibility index (Phi) is 3.05. The van der Waals surface area contributed by atoms with Crippen LogP contribution in [0.2, 0.25) is 0 Å². The summed E-state index contributed by atoms with van der Waals surface area (Å²) in [6.45, 7) is 0.259. The molecule has 5 nitrogen and oxygen atoms in total. The third kappa shape index (κ3) is 2.07. The van der Waals surface area contributed by atoms with Gasteiger partial charge < -0.3 is 20.0 Å². The Labute approximate surface area is 74.7 Å². The molecule has 0 bridgehead atoms. The number of methoxy groups -OCH3 is 1. The van der Waals surface area contributed by atoms with Crippen molar-refractivity contribution < 1.29 is 20.0 Å². The summed E-state index contributed by atoms with van der Waals surface area (Å²) in [4.78, 5) is 11.2. The second kappa shape index (κ2) is 4.06. The second-order valence-electron chi connectivity index (χ2n) is 2.52. The molecule has 0 radical (unpaired) electrons. The molecule has 0 aliphatic rings. The summed E-state index contributed by atoms with van der Waals surface area (Å²) in [5.74, 6) is 0.334. The number of hydrogen-bond donors (Lipinski definition) is 2. The molecule has 13 heavy (non-hydrogen) atoms. The molecule has 0 aliphatic heterocycles. The van der Waals surface area contributed by atoms with Crippen LogP contribution in [0.1, 0.15) is 11.9 Å². The van der Waals surface area contributed by atoms with Crippen LogP contribution in [0.5, 0.6) is 5.75 Å². The summed E-state index contributed by atoms with van der Waals surface area (Å²) in [6, 6.07) is 1.20. The summed E-state index contributed by atoms with van der Waals surface area (Å²) in [6.07, 6.45) is 0.343. The van der Waals surface area contributed by atoms with E-state index in [9.17, 15) is 9.90 Å². The molecule has 1 aromatic rings. The third-order valence-corrected chi connectivity index (χ3v) is 1.64. The molecule has 1 atom stereocenters. The first-order valence-corrected chi connectivity index (χ1v) is 3.83. The number of rotatable bonds is 3. The summed E-state index contributed by atoms with van der Waals surface area (Å²) in [5.41, 5.74) is 3.18. The van der Waals surface area contributed by atoms with Crippen molar-refractivity contribution in [3.8, 4) is 5.75 Å². The smallest absolute Gasteiger partial charge is 0.227 e. The summed E-state index contributed by atoms with van der Waals surface area (Å²) in [7, 11) is 1.38. The average molecular weight is 186 g/mol. The van der Waals surface area contributed by atoms with Gasteiger partial charge in [0.25, 0.3) is 0 Å². The van der Waals surface area contributed by atoms with Gasteiger partial charge in [0.05, 0.1) is 7.11 Å². The molecule has 0 unspecified atom stereocenters. The standard InChI is InChI=1S/C8H11NO4/c1-12-8-4-13-7(2-5(8)10)6(11)3-9/h2,4,6,11H,3,9H2,1H3/p+1/t6-/m1/s1. The maximum atomic E-state index is 11.2. The van der Waals surface area contributed by atoms with Crippen molar-refractivity contribution in [1.82, 2.24) is 0 Å². The number of quaternary nitrogens is 1. The van der Waals surface area contributed by atoms with Gasteiger partial charge in [0, 0.05) is 6.07 Å². The van der Waals surface area contributed by atoms with E-state index in [2.05, 4.69) is 5.73 Å². The van der Waals surface area contributed by atoms with Crippen molar-refractivity contribution in [2.45, 2.75) is 6.10 Å². The molecular formula is C8H12NO4+. The van der Waals surface area contributed by atoms with E-state index >= 15 is 0 Å². The number of ether oxygens (including phenoxy) is 1. The third-order valence-electron chi connectivity index (χ3n) is 1.64. The molecule has 0 fully saturated rings. The van der Waals surface area contributed by atoms with Crippen molar-refractivity contribution in [2.75, 3.05) is 13.7 Å². The molecule has 1 aromatic heterocycles. The predicted octanol–water partition coefficient (Wildman–Crippen LogP) is -1.08. The van der Waals surface area contributed by atoms with Crippen molar-refractivity contribution >= 4 is 0 Å².